The molecule has 0 aromatic rings. The van der Waals surface area contributed by atoms with Crippen LogP contribution in [0.25, 0.3) is 0 Å². The first-order valence-corrected chi connectivity index (χ1v) is 5.59. The van der Waals surface area contributed by atoms with E-state index in [9.17, 15) is 0 Å². The molecule has 0 aromatic heterocycles. The Morgan fingerprint density at radius 2 is 2.00 bits per heavy atom. The Kier molecular flexibility index (Phi) is 2.89. The van der Waals surface area contributed by atoms with Crippen molar-refractivity contribution in [1.82, 2.24) is 4.90 Å². The monoisotopic (exact) mass is 183 g/mol. The second-order valence-corrected chi connectivity index (χ2v) is 4.63. The van der Waals surface area contributed by atoms with Crippen LogP contribution in [0.15, 0.2) is 0 Å². The normalized spacial score (nSPS) is 40.6. The van der Waals surface area contributed by atoms with E-state index in [4.69, 9.17) is 4.74 Å². The highest BCUT2D eigenvalue weighted by Gasteiger charge is 2.36. The molecule has 3 unspecified atom stereocenters. The molecular formula is C11H21NO. The molecule has 1 saturated heterocycles. The highest BCUT2D eigenvalue weighted by molar-refractivity contribution is 4.88. The SMILES string of the molecule is CCOC1CCC2CN(C)CC2C1. The Morgan fingerprint density at radius 1 is 1.23 bits per heavy atom. The predicted octanol–water partition coefficient (Wildman–Crippen LogP) is 1.75. The molecule has 2 aliphatic rings. The molecule has 1 heterocycles. The molecule has 76 valence electrons. The summed E-state index contributed by atoms with van der Waals surface area (Å²) in [5, 5.41) is 0. The van der Waals surface area contributed by atoms with Crippen molar-refractivity contribution in [2.75, 3.05) is 26.7 Å². The van der Waals surface area contributed by atoms with Gasteiger partial charge in [0.05, 0.1) is 6.10 Å². The minimum Gasteiger partial charge on any atom is -0.378 e. The number of rotatable bonds is 2. The van der Waals surface area contributed by atoms with Crippen molar-refractivity contribution in [3.63, 3.8) is 0 Å². The van der Waals surface area contributed by atoms with Gasteiger partial charge in [-0.2, -0.15) is 0 Å². The number of ether oxygens (including phenoxy) is 1. The summed E-state index contributed by atoms with van der Waals surface area (Å²) in [6.45, 7) is 5.61. The molecule has 0 amide bonds. The van der Waals surface area contributed by atoms with Gasteiger partial charge in [0, 0.05) is 19.7 Å². The van der Waals surface area contributed by atoms with Gasteiger partial charge >= 0.3 is 0 Å². The highest BCUT2D eigenvalue weighted by atomic mass is 16.5. The van der Waals surface area contributed by atoms with Crippen molar-refractivity contribution in [3.8, 4) is 0 Å². The lowest BCUT2D eigenvalue weighted by Gasteiger charge is -2.30. The molecule has 0 spiro atoms. The summed E-state index contributed by atoms with van der Waals surface area (Å²) in [6.07, 6.45) is 4.56. The van der Waals surface area contributed by atoms with E-state index in [1.54, 1.807) is 0 Å². The van der Waals surface area contributed by atoms with Crippen molar-refractivity contribution >= 4 is 0 Å². The zero-order chi connectivity index (χ0) is 9.26. The molecule has 0 aromatic carbocycles. The van der Waals surface area contributed by atoms with Gasteiger partial charge in [0.25, 0.3) is 0 Å². The molecule has 2 heteroatoms. The predicted molar refractivity (Wildman–Crippen MR) is 53.7 cm³/mol. The van der Waals surface area contributed by atoms with Crippen molar-refractivity contribution < 1.29 is 4.74 Å². The molecule has 3 atom stereocenters. The summed E-state index contributed by atoms with van der Waals surface area (Å²) < 4.78 is 5.71. The fraction of sp³-hybridized carbons (Fsp3) is 1.00. The minimum atomic E-state index is 0.567. The highest BCUT2D eigenvalue weighted by Crippen LogP contribution is 2.36. The molecule has 2 fully saturated rings. The molecule has 1 aliphatic carbocycles. The van der Waals surface area contributed by atoms with Crippen LogP contribution in [0.4, 0.5) is 0 Å². The lowest BCUT2D eigenvalue weighted by atomic mass is 9.80. The summed E-state index contributed by atoms with van der Waals surface area (Å²) in [7, 11) is 2.24. The molecule has 1 aliphatic heterocycles. The third-order valence-corrected chi connectivity index (χ3v) is 3.59. The lowest BCUT2D eigenvalue weighted by Crippen LogP contribution is -2.28. The van der Waals surface area contributed by atoms with Gasteiger partial charge < -0.3 is 9.64 Å². The number of fused-ring (bicyclic) bond motifs is 1. The van der Waals surface area contributed by atoms with Gasteiger partial charge in [0.1, 0.15) is 0 Å². The van der Waals surface area contributed by atoms with Crippen LogP contribution in [0, 0.1) is 11.8 Å². The van der Waals surface area contributed by atoms with Crippen molar-refractivity contribution in [1.29, 1.82) is 0 Å². The van der Waals surface area contributed by atoms with Gasteiger partial charge in [-0.1, -0.05) is 0 Å². The van der Waals surface area contributed by atoms with Crippen LogP contribution >= 0.6 is 0 Å². The summed E-state index contributed by atoms with van der Waals surface area (Å²) in [4.78, 5) is 2.48. The smallest absolute Gasteiger partial charge is 0.0578 e. The molecule has 0 bridgehead atoms. The Hall–Kier alpha value is -0.0800. The number of likely N-dealkylation sites (tertiary alicyclic amines) is 1. The van der Waals surface area contributed by atoms with Crippen LogP contribution in [-0.4, -0.2) is 37.7 Å². The summed E-state index contributed by atoms with van der Waals surface area (Å²) >= 11 is 0. The van der Waals surface area contributed by atoms with Gasteiger partial charge in [0.15, 0.2) is 0 Å². The van der Waals surface area contributed by atoms with Crippen LogP contribution in [0.2, 0.25) is 0 Å². The van der Waals surface area contributed by atoms with E-state index >= 15 is 0 Å². The van der Waals surface area contributed by atoms with E-state index in [0.717, 1.165) is 18.4 Å². The summed E-state index contributed by atoms with van der Waals surface area (Å²) in [5.74, 6) is 1.90. The van der Waals surface area contributed by atoms with Gasteiger partial charge in [-0.25, -0.2) is 0 Å². The zero-order valence-corrected chi connectivity index (χ0v) is 8.83. The first-order valence-electron chi connectivity index (χ1n) is 5.59. The summed E-state index contributed by atoms with van der Waals surface area (Å²) in [6, 6.07) is 0. The van der Waals surface area contributed by atoms with Crippen LogP contribution in [0.5, 0.6) is 0 Å². The number of hydrogen-bond donors (Lipinski definition) is 0. The largest absolute Gasteiger partial charge is 0.378 e. The molecule has 0 radical (unpaired) electrons. The standard InChI is InChI=1S/C11H21NO/c1-3-13-11-5-4-9-7-12(2)8-10(9)6-11/h9-11H,3-8H2,1-2H3. The Bertz CT molecular complexity index is 171. The molecular weight excluding hydrogens is 162 g/mol. The molecule has 2 nitrogen and oxygen atoms in total. The van der Waals surface area contributed by atoms with Crippen molar-refractivity contribution in [3.05, 3.63) is 0 Å². The van der Waals surface area contributed by atoms with E-state index < -0.39 is 0 Å². The Labute approximate surface area is 81.3 Å². The van der Waals surface area contributed by atoms with Crippen LogP contribution in [0.3, 0.4) is 0 Å². The van der Waals surface area contributed by atoms with Crippen LogP contribution in [-0.2, 0) is 4.74 Å². The van der Waals surface area contributed by atoms with Gasteiger partial charge in [-0.3, -0.25) is 0 Å². The first-order chi connectivity index (χ1) is 6.29. The Morgan fingerprint density at radius 3 is 2.77 bits per heavy atom. The average molecular weight is 183 g/mol. The second-order valence-electron chi connectivity index (χ2n) is 4.63. The topological polar surface area (TPSA) is 12.5 Å². The minimum absolute atomic E-state index is 0.567. The zero-order valence-electron chi connectivity index (χ0n) is 8.83. The van der Waals surface area contributed by atoms with E-state index in [2.05, 4.69) is 18.9 Å². The maximum absolute atomic E-state index is 5.71. The maximum atomic E-state index is 5.71. The van der Waals surface area contributed by atoms with E-state index in [-0.39, 0.29) is 0 Å². The number of hydrogen-bond acceptors (Lipinski definition) is 2. The third kappa shape index (κ3) is 2.05. The lowest BCUT2D eigenvalue weighted by molar-refractivity contribution is 0.0126. The van der Waals surface area contributed by atoms with Crippen molar-refractivity contribution in [2.24, 2.45) is 11.8 Å². The quantitative estimate of drug-likeness (QED) is 0.646. The first kappa shape index (κ1) is 9.47. The van der Waals surface area contributed by atoms with E-state index in [0.29, 0.717) is 6.10 Å². The molecule has 1 saturated carbocycles. The van der Waals surface area contributed by atoms with Gasteiger partial charge in [-0.05, 0) is 45.1 Å². The molecule has 0 N–H and O–H groups in total. The fourth-order valence-corrected chi connectivity index (χ4v) is 3.01. The fourth-order valence-electron chi connectivity index (χ4n) is 3.01. The maximum Gasteiger partial charge on any atom is 0.0578 e. The molecule has 2 rings (SSSR count). The third-order valence-electron chi connectivity index (χ3n) is 3.59. The second kappa shape index (κ2) is 3.97. The summed E-state index contributed by atoms with van der Waals surface area (Å²) in [5.41, 5.74) is 0. The van der Waals surface area contributed by atoms with E-state index in [1.807, 2.05) is 0 Å². The Balaban J connectivity index is 1.86. The van der Waals surface area contributed by atoms with Crippen molar-refractivity contribution in [2.45, 2.75) is 32.3 Å². The number of nitrogens with zero attached hydrogens (tertiary/aromatic N) is 1. The van der Waals surface area contributed by atoms with Gasteiger partial charge in [-0.15, -0.1) is 0 Å². The average Bonchev–Trinajstić information content (AvgIpc) is 2.44. The van der Waals surface area contributed by atoms with Crippen LogP contribution in [0.1, 0.15) is 26.2 Å². The van der Waals surface area contributed by atoms with Crippen LogP contribution < -0.4 is 0 Å². The van der Waals surface area contributed by atoms with E-state index in [1.165, 1.54) is 32.4 Å². The van der Waals surface area contributed by atoms with Gasteiger partial charge in [0.2, 0.25) is 0 Å². The molecule has 13 heavy (non-hydrogen) atoms.